The van der Waals surface area contributed by atoms with Crippen LogP contribution in [0.25, 0.3) is 0 Å². The van der Waals surface area contributed by atoms with Crippen molar-refractivity contribution >= 4 is 23.5 Å². The van der Waals surface area contributed by atoms with Gasteiger partial charge in [-0.25, -0.2) is 0 Å². The number of carbonyl (C=O) groups excluding carboxylic acids is 2. The molecule has 0 fully saturated rings. The molecule has 3 N–H and O–H groups in total. The van der Waals surface area contributed by atoms with Crippen LogP contribution in [0.3, 0.4) is 0 Å². The second-order valence-corrected chi connectivity index (χ2v) is 5.14. The van der Waals surface area contributed by atoms with Crippen LogP contribution in [0.2, 0.25) is 0 Å². The van der Waals surface area contributed by atoms with Crippen molar-refractivity contribution < 1.29 is 19.5 Å². The molecule has 126 valence electrons. The minimum atomic E-state index is -1.13. The molecule has 0 saturated heterocycles. The van der Waals surface area contributed by atoms with Gasteiger partial charge in [0.2, 0.25) is 0 Å². The number of carboxylic acid groups (broad SMARTS) is 1. The first-order chi connectivity index (χ1) is 12.0. The predicted octanol–water partition coefficient (Wildman–Crippen LogP) is 1.82. The van der Waals surface area contributed by atoms with Crippen molar-refractivity contribution in [1.29, 1.82) is 5.26 Å². The smallest absolute Gasteiger partial charge is 0.322 e. The van der Waals surface area contributed by atoms with Gasteiger partial charge in [-0.3, -0.25) is 14.4 Å². The number of nitrogens with zero attached hydrogens (tertiary/aromatic N) is 1. The van der Waals surface area contributed by atoms with E-state index in [0.29, 0.717) is 11.3 Å². The van der Waals surface area contributed by atoms with E-state index < -0.39 is 18.4 Å². The number of carboxylic acids is 1. The summed E-state index contributed by atoms with van der Waals surface area (Å²) in [7, 11) is 0. The molecule has 0 heterocycles. The van der Waals surface area contributed by atoms with Crippen molar-refractivity contribution in [3.05, 3.63) is 65.2 Å². The summed E-state index contributed by atoms with van der Waals surface area (Å²) >= 11 is 0. The third-order valence-electron chi connectivity index (χ3n) is 3.28. The van der Waals surface area contributed by atoms with Crippen molar-refractivity contribution in [1.82, 2.24) is 5.32 Å². The van der Waals surface area contributed by atoms with Gasteiger partial charge in [0.15, 0.2) is 0 Å². The van der Waals surface area contributed by atoms with Gasteiger partial charge in [0, 0.05) is 16.8 Å². The van der Waals surface area contributed by atoms with E-state index in [1.165, 1.54) is 12.1 Å². The first-order valence-electron chi connectivity index (χ1n) is 7.37. The largest absolute Gasteiger partial charge is 0.480 e. The Bertz CT molecular complexity index is 838. The molecule has 0 aromatic heterocycles. The Kier molecular flexibility index (Phi) is 5.85. The van der Waals surface area contributed by atoms with Crippen molar-refractivity contribution in [3.8, 4) is 6.07 Å². The average Bonchev–Trinajstić information content (AvgIpc) is 2.61. The van der Waals surface area contributed by atoms with E-state index in [1.54, 1.807) is 36.4 Å². The van der Waals surface area contributed by atoms with Gasteiger partial charge in [-0.15, -0.1) is 0 Å². The number of hydrogen-bond donors (Lipinski definition) is 3. The van der Waals surface area contributed by atoms with E-state index in [4.69, 9.17) is 10.4 Å². The van der Waals surface area contributed by atoms with Crippen molar-refractivity contribution in [2.75, 3.05) is 11.9 Å². The van der Waals surface area contributed by atoms with E-state index in [-0.39, 0.29) is 17.9 Å². The Balaban J connectivity index is 2.02. The van der Waals surface area contributed by atoms with Gasteiger partial charge in [0.1, 0.15) is 6.54 Å². The maximum Gasteiger partial charge on any atom is 0.322 e. The fourth-order valence-corrected chi connectivity index (χ4v) is 2.08. The van der Waals surface area contributed by atoms with E-state index in [9.17, 15) is 14.4 Å². The number of amides is 2. The maximum absolute atomic E-state index is 12.2. The maximum atomic E-state index is 12.2. The molecule has 7 nitrogen and oxygen atoms in total. The predicted molar refractivity (Wildman–Crippen MR) is 90.1 cm³/mol. The fourth-order valence-electron chi connectivity index (χ4n) is 2.08. The zero-order valence-electron chi connectivity index (χ0n) is 13.2. The summed E-state index contributed by atoms with van der Waals surface area (Å²) in [5, 5.41) is 22.2. The number of nitriles is 1. The Labute approximate surface area is 143 Å². The number of hydrogen-bond acceptors (Lipinski definition) is 4. The van der Waals surface area contributed by atoms with Crippen molar-refractivity contribution in [2.24, 2.45) is 0 Å². The molecule has 0 bridgehead atoms. The molecule has 0 saturated carbocycles. The lowest BCUT2D eigenvalue weighted by atomic mass is 10.1. The van der Waals surface area contributed by atoms with E-state index in [2.05, 4.69) is 10.6 Å². The Morgan fingerprint density at radius 1 is 1.00 bits per heavy atom. The molecule has 0 radical (unpaired) electrons. The standard InChI is InChI=1S/C18H15N3O4/c19-9-8-12-2-1-3-14(10-12)18(25)21-15-6-4-13(5-7-15)17(24)20-11-16(22)23/h1-7,10H,8,11H2,(H,20,24)(H,21,25)(H,22,23). The Morgan fingerprint density at radius 3 is 2.36 bits per heavy atom. The van der Waals surface area contributed by atoms with Gasteiger partial charge >= 0.3 is 5.97 Å². The topological polar surface area (TPSA) is 119 Å². The van der Waals surface area contributed by atoms with Crippen molar-refractivity contribution in [3.63, 3.8) is 0 Å². The van der Waals surface area contributed by atoms with Gasteiger partial charge < -0.3 is 15.7 Å². The molecule has 0 spiro atoms. The molecular formula is C18H15N3O4. The summed E-state index contributed by atoms with van der Waals surface area (Å²) in [6.45, 7) is -0.462. The van der Waals surface area contributed by atoms with Crippen LogP contribution < -0.4 is 10.6 Å². The summed E-state index contributed by atoms with van der Waals surface area (Å²) < 4.78 is 0. The minimum Gasteiger partial charge on any atom is -0.480 e. The number of rotatable bonds is 6. The molecule has 2 aromatic carbocycles. The highest BCUT2D eigenvalue weighted by Crippen LogP contribution is 2.13. The second-order valence-electron chi connectivity index (χ2n) is 5.14. The lowest BCUT2D eigenvalue weighted by molar-refractivity contribution is -0.135. The second kappa shape index (κ2) is 8.26. The van der Waals surface area contributed by atoms with Gasteiger partial charge in [0.05, 0.1) is 12.5 Å². The molecule has 2 amide bonds. The number of carbonyl (C=O) groups is 3. The van der Waals surface area contributed by atoms with Crippen LogP contribution in [-0.4, -0.2) is 29.4 Å². The lowest BCUT2D eigenvalue weighted by Gasteiger charge is -2.07. The average molecular weight is 337 g/mol. The summed E-state index contributed by atoms with van der Waals surface area (Å²) in [6, 6.07) is 14.9. The normalized spacial score (nSPS) is 9.72. The molecular weight excluding hydrogens is 322 g/mol. The SMILES string of the molecule is N#CCc1cccc(C(=O)Nc2ccc(C(=O)NCC(=O)O)cc2)c1. The minimum absolute atomic E-state index is 0.223. The zero-order valence-corrected chi connectivity index (χ0v) is 13.2. The molecule has 0 aliphatic carbocycles. The molecule has 2 rings (SSSR count). The van der Waals surface area contributed by atoms with Crippen molar-refractivity contribution in [2.45, 2.75) is 6.42 Å². The van der Waals surface area contributed by atoms with Crippen LogP contribution in [0.1, 0.15) is 26.3 Å². The van der Waals surface area contributed by atoms with Crippen LogP contribution in [0.15, 0.2) is 48.5 Å². The number of anilines is 1. The first-order valence-corrected chi connectivity index (χ1v) is 7.37. The molecule has 0 aliphatic rings. The van der Waals surface area contributed by atoms with Gasteiger partial charge in [-0.1, -0.05) is 12.1 Å². The first kappa shape index (κ1) is 17.7. The molecule has 7 heteroatoms. The molecule has 2 aromatic rings. The summed E-state index contributed by atoms with van der Waals surface area (Å²) in [5.74, 6) is -1.97. The Hall–Kier alpha value is -3.66. The molecule has 0 aliphatic heterocycles. The van der Waals surface area contributed by atoms with Crippen LogP contribution in [0, 0.1) is 11.3 Å². The van der Waals surface area contributed by atoms with Crippen LogP contribution in [-0.2, 0) is 11.2 Å². The van der Waals surface area contributed by atoms with E-state index in [0.717, 1.165) is 5.56 Å². The highest BCUT2D eigenvalue weighted by molar-refractivity contribution is 6.04. The molecule has 25 heavy (non-hydrogen) atoms. The lowest BCUT2D eigenvalue weighted by Crippen LogP contribution is -2.29. The number of benzene rings is 2. The van der Waals surface area contributed by atoms with Crippen LogP contribution in [0.5, 0.6) is 0 Å². The van der Waals surface area contributed by atoms with Gasteiger partial charge in [-0.2, -0.15) is 5.26 Å². The molecule has 0 unspecified atom stereocenters. The van der Waals surface area contributed by atoms with Gasteiger partial charge in [0.25, 0.3) is 11.8 Å². The molecule has 0 atom stereocenters. The summed E-state index contributed by atoms with van der Waals surface area (Å²) in [5.41, 5.74) is 1.96. The van der Waals surface area contributed by atoms with E-state index in [1.807, 2.05) is 6.07 Å². The highest BCUT2D eigenvalue weighted by Gasteiger charge is 2.09. The van der Waals surface area contributed by atoms with Crippen LogP contribution in [0.4, 0.5) is 5.69 Å². The highest BCUT2D eigenvalue weighted by atomic mass is 16.4. The number of nitrogens with one attached hydrogen (secondary N) is 2. The Morgan fingerprint density at radius 2 is 1.72 bits per heavy atom. The third-order valence-corrected chi connectivity index (χ3v) is 3.28. The summed E-state index contributed by atoms with van der Waals surface area (Å²) in [4.78, 5) is 34.4. The number of aliphatic carboxylic acids is 1. The third kappa shape index (κ3) is 5.18. The van der Waals surface area contributed by atoms with Gasteiger partial charge in [-0.05, 0) is 42.0 Å². The quantitative estimate of drug-likeness (QED) is 0.743. The van der Waals surface area contributed by atoms with E-state index >= 15 is 0 Å². The monoisotopic (exact) mass is 337 g/mol. The van der Waals surface area contributed by atoms with Crippen LogP contribution >= 0.6 is 0 Å². The summed E-state index contributed by atoms with van der Waals surface area (Å²) in [6.07, 6.45) is 0.223. The fraction of sp³-hybridized carbons (Fsp3) is 0.111. The zero-order chi connectivity index (χ0) is 18.2.